The van der Waals surface area contributed by atoms with Gasteiger partial charge in [-0.05, 0) is 37.3 Å². The van der Waals surface area contributed by atoms with E-state index in [2.05, 4.69) is 20.6 Å². The number of amides is 1. The highest BCUT2D eigenvalue weighted by Gasteiger charge is 2.40. The Labute approximate surface area is 123 Å². The van der Waals surface area contributed by atoms with Gasteiger partial charge in [-0.3, -0.25) is 4.79 Å². The van der Waals surface area contributed by atoms with Crippen molar-refractivity contribution in [3.63, 3.8) is 0 Å². The van der Waals surface area contributed by atoms with Crippen LogP contribution in [0.15, 0.2) is 30.6 Å². The Balaban J connectivity index is 1.62. The van der Waals surface area contributed by atoms with Gasteiger partial charge in [-0.1, -0.05) is 12.1 Å². The van der Waals surface area contributed by atoms with Crippen LogP contribution < -0.4 is 10.6 Å². The molecule has 2 aliphatic rings. The van der Waals surface area contributed by atoms with Gasteiger partial charge in [-0.2, -0.15) is 0 Å². The maximum Gasteiger partial charge on any atom is 0.220 e. The average Bonchev–Trinajstić information content (AvgIpc) is 3.34. The van der Waals surface area contributed by atoms with Crippen LogP contribution in [0.5, 0.6) is 0 Å². The molecule has 4 rings (SSSR count). The SMILES string of the molecule is O=C1CC[C@@H](Nc2ncnc3ccccc23)[C@H](C2CC2)N1. The summed E-state index contributed by atoms with van der Waals surface area (Å²) in [6.45, 7) is 0. The Bertz CT molecular complexity index is 678. The Morgan fingerprint density at radius 2 is 2.00 bits per heavy atom. The highest BCUT2D eigenvalue weighted by Crippen LogP contribution is 2.37. The van der Waals surface area contributed by atoms with Gasteiger partial charge in [0.15, 0.2) is 0 Å². The van der Waals surface area contributed by atoms with Crippen molar-refractivity contribution in [3.8, 4) is 0 Å². The molecule has 2 fully saturated rings. The first-order valence-electron chi connectivity index (χ1n) is 7.57. The van der Waals surface area contributed by atoms with Crippen molar-refractivity contribution in [3.05, 3.63) is 30.6 Å². The summed E-state index contributed by atoms with van der Waals surface area (Å²) in [4.78, 5) is 20.3. The number of carbonyl (C=O) groups excluding carboxylic acids is 1. The molecule has 0 unspecified atom stereocenters. The number of anilines is 1. The van der Waals surface area contributed by atoms with E-state index in [4.69, 9.17) is 0 Å². The third kappa shape index (κ3) is 2.44. The summed E-state index contributed by atoms with van der Waals surface area (Å²) in [7, 11) is 0. The zero-order chi connectivity index (χ0) is 14.2. The highest BCUT2D eigenvalue weighted by molar-refractivity contribution is 5.89. The van der Waals surface area contributed by atoms with E-state index in [0.29, 0.717) is 12.3 Å². The number of benzene rings is 1. The summed E-state index contributed by atoms with van der Waals surface area (Å²) in [5.74, 6) is 1.67. The lowest BCUT2D eigenvalue weighted by Crippen LogP contribution is -2.52. The quantitative estimate of drug-likeness (QED) is 0.904. The van der Waals surface area contributed by atoms with Crippen molar-refractivity contribution < 1.29 is 4.79 Å². The molecule has 2 atom stereocenters. The number of nitrogens with zero attached hydrogens (tertiary/aromatic N) is 2. The van der Waals surface area contributed by atoms with Gasteiger partial charge in [0.05, 0.1) is 11.6 Å². The Morgan fingerprint density at radius 3 is 2.86 bits per heavy atom. The minimum absolute atomic E-state index is 0.178. The summed E-state index contributed by atoms with van der Waals surface area (Å²) in [6.07, 6.45) is 5.48. The molecule has 1 saturated heterocycles. The molecule has 2 heterocycles. The molecule has 1 aromatic heterocycles. The summed E-state index contributed by atoms with van der Waals surface area (Å²) in [5, 5.41) is 7.74. The van der Waals surface area contributed by atoms with E-state index in [-0.39, 0.29) is 18.0 Å². The van der Waals surface area contributed by atoms with Gasteiger partial charge in [-0.15, -0.1) is 0 Å². The van der Waals surface area contributed by atoms with Crippen LogP contribution in [0.2, 0.25) is 0 Å². The van der Waals surface area contributed by atoms with Gasteiger partial charge in [0.2, 0.25) is 5.91 Å². The number of rotatable bonds is 3. The van der Waals surface area contributed by atoms with Gasteiger partial charge in [0.25, 0.3) is 0 Å². The molecular weight excluding hydrogens is 264 g/mol. The lowest BCUT2D eigenvalue weighted by molar-refractivity contribution is -0.123. The molecule has 108 valence electrons. The molecule has 1 aliphatic heterocycles. The van der Waals surface area contributed by atoms with E-state index >= 15 is 0 Å². The predicted molar refractivity (Wildman–Crippen MR) is 80.8 cm³/mol. The molecule has 1 aliphatic carbocycles. The molecule has 0 bridgehead atoms. The van der Waals surface area contributed by atoms with Crippen LogP contribution in [0.1, 0.15) is 25.7 Å². The molecule has 1 aromatic carbocycles. The topological polar surface area (TPSA) is 66.9 Å². The number of aromatic nitrogens is 2. The fourth-order valence-electron chi connectivity index (χ4n) is 3.18. The number of piperidine rings is 1. The highest BCUT2D eigenvalue weighted by atomic mass is 16.1. The summed E-state index contributed by atoms with van der Waals surface area (Å²) >= 11 is 0. The van der Waals surface area contributed by atoms with Gasteiger partial charge < -0.3 is 10.6 Å². The molecule has 5 nitrogen and oxygen atoms in total. The minimum atomic E-state index is 0.178. The Kier molecular flexibility index (Phi) is 2.98. The van der Waals surface area contributed by atoms with Crippen LogP contribution in [0, 0.1) is 5.92 Å². The lowest BCUT2D eigenvalue weighted by atomic mass is 9.94. The van der Waals surface area contributed by atoms with Crippen LogP contribution in [0.3, 0.4) is 0 Å². The van der Waals surface area contributed by atoms with E-state index in [0.717, 1.165) is 23.1 Å². The van der Waals surface area contributed by atoms with Crippen LogP contribution >= 0.6 is 0 Å². The van der Waals surface area contributed by atoms with Crippen molar-refractivity contribution in [2.75, 3.05) is 5.32 Å². The zero-order valence-corrected chi connectivity index (χ0v) is 11.7. The second-order valence-corrected chi connectivity index (χ2v) is 5.96. The Hall–Kier alpha value is -2.17. The molecule has 1 saturated carbocycles. The van der Waals surface area contributed by atoms with E-state index in [9.17, 15) is 4.79 Å². The maximum absolute atomic E-state index is 11.7. The first-order chi connectivity index (χ1) is 10.3. The number of carbonyl (C=O) groups is 1. The molecule has 2 aromatic rings. The fourth-order valence-corrected chi connectivity index (χ4v) is 3.18. The second-order valence-electron chi connectivity index (χ2n) is 5.96. The largest absolute Gasteiger partial charge is 0.365 e. The number of para-hydroxylation sites is 1. The average molecular weight is 282 g/mol. The molecule has 2 N–H and O–H groups in total. The number of hydrogen-bond donors (Lipinski definition) is 2. The standard InChI is InChI=1S/C16H18N4O/c21-14-8-7-13(15(20-14)10-5-6-10)19-16-11-3-1-2-4-12(11)17-9-18-16/h1-4,9-10,13,15H,5-8H2,(H,20,21)(H,17,18,19)/t13-,15+/m1/s1. The van der Waals surface area contributed by atoms with Crippen molar-refractivity contribution >= 4 is 22.6 Å². The predicted octanol–water partition coefficient (Wildman–Crippen LogP) is 2.10. The normalized spacial score (nSPS) is 25.6. The molecule has 21 heavy (non-hydrogen) atoms. The fraction of sp³-hybridized carbons (Fsp3) is 0.438. The second kappa shape index (κ2) is 4.98. The van der Waals surface area contributed by atoms with Crippen molar-refractivity contribution in [2.24, 2.45) is 5.92 Å². The Morgan fingerprint density at radius 1 is 1.14 bits per heavy atom. The number of nitrogens with one attached hydrogen (secondary N) is 2. The van der Waals surface area contributed by atoms with Crippen molar-refractivity contribution in [1.29, 1.82) is 0 Å². The first kappa shape index (κ1) is 12.6. The van der Waals surface area contributed by atoms with Crippen molar-refractivity contribution in [2.45, 2.75) is 37.8 Å². The maximum atomic E-state index is 11.7. The van der Waals surface area contributed by atoms with Crippen LogP contribution in [0.4, 0.5) is 5.82 Å². The first-order valence-corrected chi connectivity index (χ1v) is 7.57. The van der Waals surface area contributed by atoms with Crippen LogP contribution in [-0.2, 0) is 4.79 Å². The van der Waals surface area contributed by atoms with Gasteiger partial charge >= 0.3 is 0 Å². The van der Waals surface area contributed by atoms with Crippen LogP contribution in [-0.4, -0.2) is 28.0 Å². The van der Waals surface area contributed by atoms with E-state index < -0.39 is 0 Å². The zero-order valence-electron chi connectivity index (χ0n) is 11.7. The molecule has 5 heteroatoms. The number of fused-ring (bicyclic) bond motifs is 1. The summed E-state index contributed by atoms with van der Waals surface area (Å²) in [6, 6.07) is 8.49. The van der Waals surface area contributed by atoms with Gasteiger partial charge in [0.1, 0.15) is 12.1 Å². The molecular formula is C16H18N4O. The van der Waals surface area contributed by atoms with Crippen LogP contribution in [0.25, 0.3) is 10.9 Å². The summed E-state index contributed by atoms with van der Waals surface area (Å²) < 4.78 is 0. The minimum Gasteiger partial charge on any atom is -0.365 e. The third-order valence-electron chi connectivity index (χ3n) is 4.44. The number of hydrogen-bond acceptors (Lipinski definition) is 4. The van der Waals surface area contributed by atoms with E-state index in [1.165, 1.54) is 12.8 Å². The van der Waals surface area contributed by atoms with Crippen molar-refractivity contribution in [1.82, 2.24) is 15.3 Å². The van der Waals surface area contributed by atoms with E-state index in [1.807, 2.05) is 24.3 Å². The molecule has 0 spiro atoms. The monoisotopic (exact) mass is 282 g/mol. The third-order valence-corrected chi connectivity index (χ3v) is 4.44. The molecule has 0 radical (unpaired) electrons. The summed E-state index contributed by atoms with van der Waals surface area (Å²) in [5.41, 5.74) is 0.942. The van der Waals surface area contributed by atoms with E-state index in [1.54, 1.807) is 6.33 Å². The molecule has 1 amide bonds. The lowest BCUT2D eigenvalue weighted by Gasteiger charge is -2.33. The van der Waals surface area contributed by atoms with Gasteiger partial charge in [0, 0.05) is 17.8 Å². The van der Waals surface area contributed by atoms with Gasteiger partial charge in [-0.25, -0.2) is 9.97 Å². The smallest absolute Gasteiger partial charge is 0.220 e.